The highest BCUT2D eigenvalue weighted by Crippen LogP contribution is 2.29. The first-order valence-corrected chi connectivity index (χ1v) is 8.23. The number of anilines is 1. The van der Waals surface area contributed by atoms with Crippen LogP contribution in [0.15, 0.2) is 60.9 Å². The Morgan fingerprint density at radius 1 is 0.962 bits per heavy atom. The van der Waals surface area contributed by atoms with Gasteiger partial charge in [0.2, 0.25) is 0 Å². The number of aromatic nitrogens is 1. The number of nitrogens with zero attached hydrogens (tertiary/aromatic N) is 1. The van der Waals surface area contributed by atoms with Crippen molar-refractivity contribution < 1.29 is 14.3 Å². The van der Waals surface area contributed by atoms with Crippen LogP contribution in [0.2, 0.25) is 5.02 Å². The maximum atomic E-state index is 12.7. The van der Waals surface area contributed by atoms with Crippen LogP contribution in [0.4, 0.5) is 5.69 Å². The number of carbonyl (C=O) groups is 1. The van der Waals surface area contributed by atoms with E-state index >= 15 is 0 Å². The molecule has 0 saturated heterocycles. The van der Waals surface area contributed by atoms with Crippen LogP contribution >= 0.6 is 11.6 Å². The van der Waals surface area contributed by atoms with Gasteiger partial charge in [0.15, 0.2) is 0 Å². The highest BCUT2D eigenvalue weighted by Gasteiger charge is 2.12. The van der Waals surface area contributed by atoms with Crippen molar-refractivity contribution in [3.8, 4) is 22.6 Å². The van der Waals surface area contributed by atoms with Gasteiger partial charge in [-0.3, -0.25) is 9.78 Å². The number of carbonyl (C=O) groups excluding carboxylic acids is 1. The summed E-state index contributed by atoms with van der Waals surface area (Å²) in [6, 6.07) is 14.3. The summed E-state index contributed by atoms with van der Waals surface area (Å²) in [7, 11) is 3.10. The zero-order valence-corrected chi connectivity index (χ0v) is 15.1. The molecule has 0 atom stereocenters. The monoisotopic (exact) mass is 368 g/mol. The summed E-state index contributed by atoms with van der Waals surface area (Å²) in [6.45, 7) is 0. The van der Waals surface area contributed by atoms with Gasteiger partial charge in [0.05, 0.1) is 25.5 Å². The second kappa shape index (κ2) is 7.89. The summed E-state index contributed by atoms with van der Waals surface area (Å²) < 4.78 is 10.5. The molecular weight excluding hydrogens is 352 g/mol. The van der Waals surface area contributed by atoms with Crippen LogP contribution in [0.3, 0.4) is 0 Å². The Kier molecular flexibility index (Phi) is 5.39. The molecule has 5 nitrogen and oxygen atoms in total. The van der Waals surface area contributed by atoms with Gasteiger partial charge in [-0.1, -0.05) is 23.7 Å². The Morgan fingerprint density at radius 3 is 2.42 bits per heavy atom. The topological polar surface area (TPSA) is 60.5 Å². The molecule has 0 saturated carbocycles. The van der Waals surface area contributed by atoms with Gasteiger partial charge in [-0.15, -0.1) is 0 Å². The molecule has 0 aliphatic carbocycles. The van der Waals surface area contributed by atoms with Crippen molar-refractivity contribution in [1.29, 1.82) is 0 Å². The summed E-state index contributed by atoms with van der Waals surface area (Å²) in [5.41, 5.74) is 2.71. The van der Waals surface area contributed by atoms with E-state index in [0.717, 1.165) is 11.1 Å². The first-order chi connectivity index (χ1) is 12.6. The number of pyridine rings is 1. The SMILES string of the molecule is COc1ccc(OC)c(NC(=O)c2cncc(-c3ccc(Cl)cc3)c2)c1. The third-order valence-corrected chi connectivity index (χ3v) is 4.08. The number of ether oxygens (including phenoxy) is 2. The van der Waals surface area contributed by atoms with Crippen molar-refractivity contribution in [3.05, 3.63) is 71.5 Å². The smallest absolute Gasteiger partial charge is 0.257 e. The van der Waals surface area contributed by atoms with Gasteiger partial charge < -0.3 is 14.8 Å². The molecule has 0 aliphatic heterocycles. The predicted octanol–water partition coefficient (Wildman–Crippen LogP) is 4.67. The number of benzene rings is 2. The second-order valence-electron chi connectivity index (χ2n) is 5.49. The molecule has 2 aromatic carbocycles. The minimum absolute atomic E-state index is 0.292. The number of halogens is 1. The molecule has 1 heterocycles. The van der Waals surface area contributed by atoms with Gasteiger partial charge in [-0.05, 0) is 35.9 Å². The number of hydrogen-bond acceptors (Lipinski definition) is 4. The lowest BCUT2D eigenvalue weighted by Crippen LogP contribution is -2.13. The van der Waals surface area contributed by atoms with Crippen LogP contribution in [0.25, 0.3) is 11.1 Å². The largest absolute Gasteiger partial charge is 0.497 e. The summed E-state index contributed by atoms with van der Waals surface area (Å²) in [6.07, 6.45) is 3.22. The van der Waals surface area contributed by atoms with Crippen molar-refractivity contribution in [2.45, 2.75) is 0 Å². The summed E-state index contributed by atoms with van der Waals surface area (Å²) in [4.78, 5) is 16.8. The first-order valence-electron chi connectivity index (χ1n) is 7.85. The molecule has 26 heavy (non-hydrogen) atoms. The molecular formula is C20H17ClN2O3. The molecule has 0 radical (unpaired) electrons. The van der Waals surface area contributed by atoms with E-state index in [1.54, 1.807) is 56.8 Å². The minimum Gasteiger partial charge on any atom is -0.497 e. The Hall–Kier alpha value is -3.05. The number of rotatable bonds is 5. The number of hydrogen-bond donors (Lipinski definition) is 1. The first kappa shape index (κ1) is 17.8. The second-order valence-corrected chi connectivity index (χ2v) is 5.93. The molecule has 1 N–H and O–H groups in total. The quantitative estimate of drug-likeness (QED) is 0.710. The zero-order chi connectivity index (χ0) is 18.5. The van der Waals surface area contributed by atoms with E-state index in [0.29, 0.717) is 27.8 Å². The number of nitrogens with one attached hydrogen (secondary N) is 1. The Morgan fingerprint density at radius 2 is 1.73 bits per heavy atom. The van der Waals surface area contributed by atoms with Gasteiger partial charge in [0.1, 0.15) is 11.5 Å². The van der Waals surface area contributed by atoms with Crippen molar-refractivity contribution in [2.75, 3.05) is 19.5 Å². The Bertz CT molecular complexity index is 927. The predicted molar refractivity (Wildman–Crippen MR) is 102 cm³/mol. The van der Waals surface area contributed by atoms with E-state index in [-0.39, 0.29) is 5.91 Å². The molecule has 3 rings (SSSR count). The normalized spacial score (nSPS) is 10.3. The lowest BCUT2D eigenvalue weighted by molar-refractivity contribution is 0.102. The standard InChI is InChI=1S/C20H17ClN2O3/c1-25-17-7-8-19(26-2)18(10-17)23-20(24)15-9-14(11-22-12-15)13-3-5-16(21)6-4-13/h3-12H,1-2H3,(H,23,24). The van der Waals surface area contributed by atoms with Crippen molar-refractivity contribution in [1.82, 2.24) is 4.98 Å². The van der Waals surface area contributed by atoms with E-state index in [9.17, 15) is 4.79 Å². The average molecular weight is 369 g/mol. The zero-order valence-electron chi connectivity index (χ0n) is 14.3. The average Bonchev–Trinajstić information content (AvgIpc) is 2.68. The lowest BCUT2D eigenvalue weighted by Gasteiger charge is -2.12. The minimum atomic E-state index is -0.292. The molecule has 6 heteroatoms. The van der Waals surface area contributed by atoms with Gasteiger partial charge in [-0.25, -0.2) is 0 Å². The van der Waals surface area contributed by atoms with E-state index in [1.807, 2.05) is 12.1 Å². The highest BCUT2D eigenvalue weighted by molar-refractivity contribution is 6.30. The fourth-order valence-electron chi connectivity index (χ4n) is 2.47. The molecule has 132 valence electrons. The fourth-order valence-corrected chi connectivity index (χ4v) is 2.60. The molecule has 0 spiro atoms. The molecule has 0 bridgehead atoms. The van der Waals surface area contributed by atoms with E-state index in [2.05, 4.69) is 10.3 Å². The van der Waals surface area contributed by atoms with Gasteiger partial charge in [-0.2, -0.15) is 0 Å². The van der Waals surface area contributed by atoms with Gasteiger partial charge >= 0.3 is 0 Å². The molecule has 0 aliphatic rings. The maximum absolute atomic E-state index is 12.7. The number of methoxy groups -OCH3 is 2. The van der Waals surface area contributed by atoms with Crippen molar-refractivity contribution in [2.24, 2.45) is 0 Å². The van der Waals surface area contributed by atoms with Crippen molar-refractivity contribution in [3.63, 3.8) is 0 Å². The summed E-state index contributed by atoms with van der Waals surface area (Å²) >= 11 is 5.92. The van der Waals surface area contributed by atoms with Crippen LogP contribution < -0.4 is 14.8 Å². The highest BCUT2D eigenvalue weighted by atomic mass is 35.5. The van der Waals surface area contributed by atoms with Crippen LogP contribution in [-0.4, -0.2) is 25.1 Å². The third kappa shape index (κ3) is 3.95. The van der Waals surface area contributed by atoms with Gasteiger partial charge in [0, 0.05) is 29.0 Å². The lowest BCUT2D eigenvalue weighted by atomic mass is 10.1. The third-order valence-electron chi connectivity index (χ3n) is 3.83. The van der Waals surface area contributed by atoms with Crippen LogP contribution in [0.5, 0.6) is 11.5 Å². The number of amides is 1. The molecule has 0 fully saturated rings. The van der Waals surface area contributed by atoms with Crippen molar-refractivity contribution >= 4 is 23.2 Å². The van der Waals surface area contributed by atoms with E-state index in [4.69, 9.17) is 21.1 Å². The van der Waals surface area contributed by atoms with Gasteiger partial charge in [0.25, 0.3) is 5.91 Å². The van der Waals surface area contributed by atoms with Crippen LogP contribution in [0.1, 0.15) is 10.4 Å². The molecule has 1 aromatic heterocycles. The molecule has 3 aromatic rings. The van der Waals surface area contributed by atoms with E-state index < -0.39 is 0 Å². The fraction of sp³-hybridized carbons (Fsp3) is 0.100. The Labute approximate surface area is 156 Å². The summed E-state index contributed by atoms with van der Waals surface area (Å²) in [5.74, 6) is 0.870. The molecule has 0 unspecified atom stereocenters. The van der Waals surface area contributed by atoms with Crippen LogP contribution in [-0.2, 0) is 0 Å². The molecule has 1 amide bonds. The summed E-state index contributed by atoms with van der Waals surface area (Å²) in [5, 5.41) is 3.49. The maximum Gasteiger partial charge on any atom is 0.257 e. The van der Waals surface area contributed by atoms with Crippen LogP contribution in [0, 0.1) is 0 Å². The Balaban J connectivity index is 1.87. The van der Waals surface area contributed by atoms with E-state index in [1.165, 1.54) is 6.20 Å².